The molecule has 1 saturated carbocycles. The van der Waals surface area contributed by atoms with Crippen molar-refractivity contribution in [1.29, 1.82) is 0 Å². The van der Waals surface area contributed by atoms with Gasteiger partial charge in [-0.1, -0.05) is 37.1 Å². The summed E-state index contributed by atoms with van der Waals surface area (Å²) >= 11 is 0. The van der Waals surface area contributed by atoms with Crippen molar-refractivity contribution in [2.45, 2.75) is 44.8 Å². The van der Waals surface area contributed by atoms with Crippen LogP contribution in [0, 0.1) is 0 Å². The topological polar surface area (TPSA) is 53.6 Å². The van der Waals surface area contributed by atoms with Crippen molar-refractivity contribution in [3.05, 3.63) is 35.4 Å². The lowest BCUT2D eigenvalue weighted by molar-refractivity contribution is 0.423. The zero-order valence-corrected chi connectivity index (χ0v) is 10.6. The molecule has 1 fully saturated rings. The molecule has 0 bridgehead atoms. The first-order chi connectivity index (χ1) is 8.86. The number of fused-ring (bicyclic) bond motifs is 1. The van der Waals surface area contributed by atoms with Gasteiger partial charge in [0.05, 0.1) is 6.04 Å². The van der Waals surface area contributed by atoms with Crippen molar-refractivity contribution in [3.63, 3.8) is 0 Å². The number of hydrogen-bond donors (Lipinski definition) is 2. The van der Waals surface area contributed by atoms with E-state index < -0.39 is 0 Å². The zero-order chi connectivity index (χ0) is 12.4. The van der Waals surface area contributed by atoms with Crippen molar-refractivity contribution < 1.29 is 0 Å². The molecule has 2 aliphatic rings. The molecule has 4 nitrogen and oxygen atoms in total. The molecule has 96 valence electrons. The Morgan fingerprint density at radius 3 is 2.33 bits per heavy atom. The fourth-order valence-corrected chi connectivity index (χ4v) is 2.90. The zero-order valence-electron chi connectivity index (χ0n) is 10.6. The van der Waals surface area contributed by atoms with Crippen LogP contribution in [0.25, 0.3) is 0 Å². The van der Waals surface area contributed by atoms with Gasteiger partial charge >= 0.3 is 0 Å². The average molecular weight is 244 g/mol. The Hall–Kier alpha value is -1.55. The van der Waals surface area contributed by atoms with Gasteiger partial charge in [0.15, 0.2) is 0 Å². The van der Waals surface area contributed by atoms with E-state index in [0.717, 1.165) is 19.0 Å². The fraction of sp³-hybridized carbons (Fsp3) is 0.500. The van der Waals surface area contributed by atoms with Crippen molar-refractivity contribution >= 4 is 5.96 Å². The SMILES string of the molecule is NNC(=NC1CCCC1)N1Cc2ccccc2C1. The molecule has 0 atom stereocenters. The monoisotopic (exact) mass is 244 g/mol. The number of nitrogens with one attached hydrogen (secondary N) is 1. The third-order valence-corrected chi connectivity index (χ3v) is 3.90. The molecule has 18 heavy (non-hydrogen) atoms. The summed E-state index contributed by atoms with van der Waals surface area (Å²) in [4.78, 5) is 6.99. The van der Waals surface area contributed by atoms with Crippen LogP contribution < -0.4 is 11.3 Å². The minimum Gasteiger partial charge on any atom is -0.333 e. The lowest BCUT2D eigenvalue weighted by atomic mass is 10.1. The van der Waals surface area contributed by atoms with Gasteiger partial charge in [0.2, 0.25) is 5.96 Å². The molecule has 1 aliphatic heterocycles. The molecule has 1 aromatic carbocycles. The normalized spacial score (nSPS) is 20.3. The molecule has 0 saturated heterocycles. The van der Waals surface area contributed by atoms with Gasteiger partial charge < -0.3 is 4.90 Å². The molecule has 0 amide bonds. The van der Waals surface area contributed by atoms with E-state index >= 15 is 0 Å². The second-order valence-electron chi connectivity index (χ2n) is 5.16. The van der Waals surface area contributed by atoms with Crippen LogP contribution in [0.5, 0.6) is 0 Å². The Morgan fingerprint density at radius 1 is 1.17 bits per heavy atom. The first-order valence-electron chi connectivity index (χ1n) is 6.73. The highest BCUT2D eigenvalue weighted by Gasteiger charge is 2.22. The predicted molar refractivity (Wildman–Crippen MR) is 72.7 cm³/mol. The third-order valence-electron chi connectivity index (χ3n) is 3.90. The van der Waals surface area contributed by atoms with E-state index in [2.05, 4.69) is 34.6 Å². The first-order valence-corrected chi connectivity index (χ1v) is 6.73. The summed E-state index contributed by atoms with van der Waals surface area (Å²) in [6.07, 6.45) is 5.00. The highest BCUT2D eigenvalue weighted by molar-refractivity contribution is 5.80. The second kappa shape index (κ2) is 4.98. The van der Waals surface area contributed by atoms with Crippen molar-refractivity contribution in [2.75, 3.05) is 0 Å². The minimum atomic E-state index is 0.458. The summed E-state index contributed by atoms with van der Waals surface area (Å²) in [5.74, 6) is 6.49. The van der Waals surface area contributed by atoms with Gasteiger partial charge in [0.25, 0.3) is 0 Å². The van der Waals surface area contributed by atoms with E-state index in [-0.39, 0.29) is 0 Å². The molecule has 1 heterocycles. The number of nitrogens with two attached hydrogens (primary N) is 1. The molecule has 0 unspecified atom stereocenters. The Labute approximate surface area is 108 Å². The van der Waals surface area contributed by atoms with Crippen LogP contribution in [-0.2, 0) is 13.1 Å². The molecule has 0 radical (unpaired) electrons. The van der Waals surface area contributed by atoms with E-state index in [1.54, 1.807) is 0 Å². The van der Waals surface area contributed by atoms with Crippen LogP contribution in [-0.4, -0.2) is 16.9 Å². The van der Waals surface area contributed by atoms with E-state index in [0.29, 0.717) is 6.04 Å². The summed E-state index contributed by atoms with van der Waals surface area (Å²) < 4.78 is 0. The van der Waals surface area contributed by atoms with E-state index in [9.17, 15) is 0 Å². The number of guanidine groups is 1. The van der Waals surface area contributed by atoms with Gasteiger partial charge in [0, 0.05) is 13.1 Å². The molecular formula is C14H20N4. The lowest BCUT2D eigenvalue weighted by Crippen LogP contribution is -2.42. The van der Waals surface area contributed by atoms with Crippen LogP contribution >= 0.6 is 0 Å². The largest absolute Gasteiger partial charge is 0.333 e. The van der Waals surface area contributed by atoms with Crippen LogP contribution in [0.1, 0.15) is 36.8 Å². The Bertz CT molecular complexity index is 424. The second-order valence-corrected chi connectivity index (χ2v) is 5.16. The highest BCUT2D eigenvalue weighted by atomic mass is 15.4. The Kier molecular flexibility index (Phi) is 3.19. The number of benzene rings is 1. The predicted octanol–water partition coefficient (Wildman–Crippen LogP) is 1.76. The van der Waals surface area contributed by atoms with Crippen molar-refractivity contribution in [3.8, 4) is 0 Å². The molecule has 3 N–H and O–H groups in total. The van der Waals surface area contributed by atoms with Gasteiger partial charge in [-0.3, -0.25) is 5.43 Å². The molecule has 1 aromatic rings. The number of hydrazine groups is 1. The quantitative estimate of drug-likeness (QED) is 0.342. The highest BCUT2D eigenvalue weighted by Crippen LogP contribution is 2.24. The van der Waals surface area contributed by atoms with Crippen LogP contribution in [0.4, 0.5) is 0 Å². The van der Waals surface area contributed by atoms with E-state index in [1.165, 1.54) is 36.8 Å². The molecular weight excluding hydrogens is 224 g/mol. The summed E-state index contributed by atoms with van der Waals surface area (Å²) in [6.45, 7) is 1.82. The van der Waals surface area contributed by atoms with Gasteiger partial charge in [-0.2, -0.15) is 0 Å². The van der Waals surface area contributed by atoms with Crippen molar-refractivity contribution in [2.24, 2.45) is 10.8 Å². The first kappa shape index (κ1) is 11.5. The smallest absolute Gasteiger partial charge is 0.209 e. The minimum absolute atomic E-state index is 0.458. The number of aliphatic imine (C=N–C) groups is 1. The molecule has 3 rings (SSSR count). The fourth-order valence-electron chi connectivity index (χ4n) is 2.90. The van der Waals surface area contributed by atoms with E-state index in [1.807, 2.05) is 0 Å². The molecule has 0 aromatic heterocycles. The standard InChI is InChI=1S/C14H20N4/c15-17-14(16-13-7-3-4-8-13)18-9-11-5-1-2-6-12(11)10-18/h1-2,5-6,13H,3-4,7-10,15H2,(H,16,17). The summed E-state index contributed by atoms with van der Waals surface area (Å²) in [6, 6.07) is 9.00. The number of rotatable bonds is 1. The Morgan fingerprint density at radius 2 is 1.78 bits per heavy atom. The number of nitrogens with zero attached hydrogens (tertiary/aromatic N) is 2. The summed E-state index contributed by atoms with van der Waals surface area (Å²) in [7, 11) is 0. The van der Waals surface area contributed by atoms with E-state index in [4.69, 9.17) is 10.8 Å². The van der Waals surface area contributed by atoms with Crippen LogP contribution in [0.15, 0.2) is 29.3 Å². The maximum absolute atomic E-state index is 5.64. The van der Waals surface area contributed by atoms with Crippen LogP contribution in [0.2, 0.25) is 0 Å². The average Bonchev–Trinajstić information content (AvgIpc) is 3.04. The van der Waals surface area contributed by atoms with Gasteiger partial charge in [-0.05, 0) is 24.0 Å². The molecule has 1 aliphatic carbocycles. The maximum atomic E-state index is 5.64. The summed E-state index contributed by atoms with van der Waals surface area (Å²) in [5.41, 5.74) is 5.54. The van der Waals surface area contributed by atoms with Gasteiger partial charge in [-0.25, -0.2) is 10.8 Å². The lowest BCUT2D eigenvalue weighted by Gasteiger charge is -2.20. The third kappa shape index (κ3) is 2.20. The maximum Gasteiger partial charge on any atom is 0.209 e. The van der Waals surface area contributed by atoms with Gasteiger partial charge in [0.1, 0.15) is 0 Å². The van der Waals surface area contributed by atoms with Crippen LogP contribution in [0.3, 0.4) is 0 Å². The summed E-state index contributed by atoms with van der Waals surface area (Å²) in [5, 5.41) is 0. The molecule has 4 heteroatoms. The van der Waals surface area contributed by atoms with Crippen molar-refractivity contribution in [1.82, 2.24) is 10.3 Å². The molecule has 0 spiro atoms. The number of hydrogen-bond acceptors (Lipinski definition) is 2. The Balaban J connectivity index is 1.75. The van der Waals surface area contributed by atoms with Gasteiger partial charge in [-0.15, -0.1) is 0 Å².